The van der Waals surface area contributed by atoms with Gasteiger partial charge < -0.3 is 15.7 Å². The molecule has 1 heterocycles. The van der Waals surface area contributed by atoms with E-state index in [0.29, 0.717) is 12.4 Å². The van der Waals surface area contributed by atoms with Gasteiger partial charge in [-0.2, -0.15) is 13.2 Å². The molecular weight excluding hydrogens is 359 g/mol. The van der Waals surface area contributed by atoms with Crippen LogP contribution in [0.2, 0.25) is 0 Å². The lowest BCUT2D eigenvalue weighted by Crippen LogP contribution is -2.24. The predicted molar refractivity (Wildman–Crippen MR) is 95.5 cm³/mol. The normalized spacial score (nSPS) is 19.7. The molecule has 2 unspecified atom stereocenters. The number of benzene rings is 1. The molecule has 1 saturated carbocycles. The second-order valence-corrected chi connectivity index (χ2v) is 6.57. The van der Waals surface area contributed by atoms with Gasteiger partial charge in [0.15, 0.2) is 0 Å². The van der Waals surface area contributed by atoms with Gasteiger partial charge in [0.1, 0.15) is 5.82 Å². The van der Waals surface area contributed by atoms with Crippen LogP contribution in [0.25, 0.3) is 0 Å². The number of aromatic nitrogens is 1. The Hall–Kier alpha value is -2.61. The third kappa shape index (κ3) is 4.77. The van der Waals surface area contributed by atoms with Crippen LogP contribution in [-0.2, 0) is 6.18 Å². The van der Waals surface area contributed by atoms with E-state index in [9.17, 15) is 23.1 Å². The molecule has 2 atom stereocenters. The molecule has 144 valence electrons. The van der Waals surface area contributed by atoms with E-state index in [0.717, 1.165) is 31.4 Å². The summed E-state index contributed by atoms with van der Waals surface area (Å²) in [5.41, 5.74) is -0.238. The van der Waals surface area contributed by atoms with E-state index in [1.54, 1.807) is 18.3 Å². The molecule has 1 aliphatic carbocycles. The van der Waals surface area contributed by atoms with Crippen molar-refractivity contribution in [1.29, 1.82) is 0 Å². The van der Waals surface area contributed by atoms with E-state index < -0.39 is 17.6 Å². The van der Waals surface area contributed by atoms with E-state index in [4.69, 9.17) is 0 Å². The van der Waals surface area contributed by atoms with Crippen molar-refractivity contribution in [3.05, 3.63) is 53.7 Å². The fraction of sp³-hybridized carbons (Fsp3) is 0.368. The second-order valence-electron chi connectivity index (χ2n) is 6.57. The maximum Gasteiger partial charge on any atom is 0.416 e. The molecule has 1 aromatic carbocycles. The van der Waals surface area contributed by atoms with Gasteiger partial charge in [-0.1, -0.05) is 6.42 Å². The topological polar surface area (TPSA) is 74.2 Å². The van der Waals surface area contributed by atoms with Crippen LogP contribution < -0.4 is 10.6 Å². The van der Waals surface area contributed by atoms with E-state index in [2.05, 4.69) is 15.6 Å². The molecule has 1 fully saturated rings. The Morgan fingerprint density at radius 3 is 2.56 bits per heavy atom. The van der Waals surface area contributed by atoms with Crippen LogP contribution in [0.5, 0.6) is 0 Å². The van der Waals surface area contributed by atoms with Gasteiger partial charge in [-0.25, -0.2) is 4.98 Å². The maximum absolute atomic E-state index is 12.6. The molecular formula is C19H20F3N3O2. The van der Waals surface area contributed by atoms with Crippen molar-refractivity contribution >= 4 is 17.4 Å². The minimum Gasteiger partial charge on any atom is -0.393 e. The molecule has 0 saturated heterocycles. The van der Waals surface area contributed by atoms with E-state index in [1.165, 1.54) is 12.1 Å². The highest BCUT2D eigenvalue weighted by molar-refractivity contribution is 6.07. The first-order chi connectivity index (χ1) is 12.8. The molecule has 27 heavy (non-hydrogen) atoms. The van der Waals surface area contributed by atoms with Crippen molar-refractivity contribution in [1.82, 2.24) is 4.98 Å². The Balaban J connectivity index is 1.67. The predicted octanol–water partition coefficient (Wildman–Crippen LogP) is 3.93. The zero-order chi connectivity index (χ0) is 19.4. The number of carbonyl (C=O) groups is 1. The summed E-state index contributed by atoms with van der Waals surface area (Å²) in [5.74, 6) is 0.0103. The quantitative estimate of drug-likeness (QED) is 0.736. The molecule has 0 aliphatic heterocycles. The lowest BCUT2D eigenvalue weighted by molar-refractivity contribution is -0.137. The summed E-state index contributed by atoms with van der Waals surface area (Å²) in [7, 11) is 0. The number of alkyl halides is 3. The minimum absolute atomic E-state index is 0.109. The average molecular weight is 379 g/mol. The van der Waals surface area contributed by atoms with Crippen molar-refractivity contribution in [2.75, 3.05) is 17.2 Å². The number of amides is 1. The zero-order valence-electron chi connectivity index (χ0n) is 14.5. The third-order valence-corrected chi connectivity index (χ3v) is 4.67. The Morgan fingerprint density at radius 1 is 1.19 bits per heavy atom. The first kappa shape index (κ1) is 19.2. The van der Waals surface area contributed by atoms with Gasteiger partial charge in [0.2, 0.25) is 0 Å². The number of carbonyl (C=O) groups excluding carboxylic acids is 1. The molecule has 1 aromatic heterocycles. The standard InChI is InChI=1S/C19H20F3N3O2/c20-19(21,22)13-6-8-14(9-7-13)25-18(27)15-4-2-10-23-17(15)24-11-12-3-1-5-16(12)26/h2,4,6-10,12,16,26H,1,3,5,11H2,(H,23,24)(H,25,27). The van der Waals surface area contributed by atoms with Gasteiger partial charge >= 0.3 is 6.18 Å². The fourth-order valence-electron chi connectivity index (χ4n) is 3.15. The highest BCUT2D eigenvalue weighted by Gasteiger charge is 2.30. The van der Waals surface area contributed by atoms with Crippen molar-refractivity contribution in [3.8, 4) is 0 Å². The van der Waals surface area contributed by atoms with E-state index in [1.807, 2.05) is 0 Å². The lowest BCUT2D eigenvalue weighted by atomic mass is 10.1. The number of rotatable bonds is 5. The number of hydrogen-bond acceptors (Lipinski definition) is 4. The monoisotopic (exact) mass is 379 g/mol. The van der Waals surface area contributed by atoms with Crippen molar-refractivity contribution < 1.29 is 23.1 Å². The number of aliphatic hydroxyl groups excluding tert-OH is 1. The summed E-state index contributed by atoms with van der Waals surface area (Å²) >= 11 is 0. The minimum atomic E-state index is -4.42. The fourth-order valence-corrected chi connectivity index (χ4v) is 3.15. The first-order valence-corrected chi connectivity index (χ1v) is 8.70. The molecule has 0 spiro atoms. The molecule has 2 aromatic rings. The molecule has 1 amide bonds. The van der Waals surface area contributed by atoms with Crippen molar-refractivity contribution in [3.63, 3.8) is 0 Å². The highest BCUT2D eigenvalue weighted by atomic mass is 19.4. The van der Waals surface area contributed by atoms with Crippen LogP contribution in [0, 0.1) is 5.92 Å². The van der Waals surface area contributed by atoms with Gasteiger partial charge in [-0.15, -0.1) is 0 Å². The number of halogens is 3. The maximum atomic E-state index is 12.6. The molecule has 0 bridgehead atoms. The molecule has 5 nitrogen and oxygen atoms in total. The van der Waals surface area contributed by atoms with Crippen molar-refractivity contribution in [2.24, 2.45) is 5.92 Å². The Morgan fingerprint density at radius 2 is 1.93 bits per heavy atom. The number of hydrogen-bond donors (Lipinski definition) is 3. The summed E-state index contributed by atoms with van der Waals surface area (Å²) in [5, 5.41) is 15.6. The molecule has 0 radical (unpaired) electrons. The Kier molecular flexibility index (Phi) is 5.65. The third-order valence-electron chi connectivity index (χ3n) is 4.67. The van der Waals surface area contributed by atoms with Gasteiger partial charge in [-0.05, 0) is 49.2 Å². The van der Waals surface area contributed by atoms with Gasteiger partial charge in [0.05, 0.1) is 17.2 Å². The highest BCUT2D eigenvalue weighted by Crippen LogP contribution is 2.30. The number of pyridine rings is 1. The van der Waals surface area contributed by atoms with Crippen LogP contribution in [-0.4, -0.2) is 28.6 Å². The van der Waals surface area contributed by atoms with Crippen LogP contribution >= 0.6 is 0 Å². The van der Waals surface area contributed by atoms with Crippen LogP contribution in [0.3, 0.4) is 0 Å². The van der Waals surface area contributed by atoms with Gasteiger partial charge in [0, 0.05) is 24.3 Å². The number of aliphatic hydroxyl groups is 1. The lowest BCUT2D eigenvalue weighted by Gasteiger charge is -2.17. The van der Waals surface area contributed by atoms with Crippen LogP contribution in [0.1, 0.15) is 35.2 Å². The molecule has 8 heteroatoms. The summed E-state index contributed by atoms with van der Waals surface area (Å²) in [6, 6.07) is 7.44. The second kappa shape index (κ2) is 7.96. The van der Waals surface area contributed by atoms with E-state index in [-0.39, 0.29) is 23.3 Å². The Labute approximate surface area is 154 Å². The number of nitrogens with zero attached hydrogens (tertiary/aromatic N) is 1. The van der Waals surface area contributed by atoms with Gasteiger partial charge in [0.25, 0.3) is 5.91 Å². The summed E-state index contributed by atoms with van der Waals surface area (Å²) < 4.78 is 37.9. The summed E-state index contributed by atoms with van der Waals surface area (Å²) in [4.78, 5) is 16.7. The molecule has 3 N–H and O–H groups in total. The SMILES string of the molecule is O=C(Nc1ccc(C(F)(F)F)cc1)c1cccnc1NCC1CCCC1O. The Bertz CT molecular complexity index is 794. The van der Waals surface area contributed by atoms with Gasteiger partial charge in [-0.3, -0.25) is 4.79 Å². The number of nitrogens with one attached hydrogen (secondary N) is 2. The molecule has 1 aliphatic rings. The number of anilines is 2. The van der Waals surface area contributed by atoms with Crippen LogP contribution in [0.4, 0.5) is 24.7 Å². The largest absolute Gasteiger partial charge is 0.416 e. The first-order valence-electron chi connectivity index (χ1n) is 8.70. The van der Waals surface area contributed by atoms with E-state index >= 15 is 0 Å². The smallest absolute Gasteiger partial charge is 0.393 e. The zero-order valence-corrected chi connectivity index (χ0v) is 14.5. The van der Waals surface area contributed by atoms with Crippen LogP contribution in [0.15, 0.2) is 42.6 Å². The summed E-state index contributed by atoms with van der Waals surface area (Å²) in [6.45, 7) is 0.499. The van der Waals surface area contributed by atoms with Crippen molar-refractivity contribution in [2.45, 2.75) is 31.5 Å². The average Bonchev–Trinajstić information content (AvgIpc) is 3.05. The summed E-state index contributed by atoms with van der Waals surface area (Å²) in [6.07, 6.45) is -0.581. The molecule has 3 rings (SSSR count).